The van der Waals surface area contributed by atoms with Gasteiger partial charge in [-0.15, -0.1) is 0 Å². The molecule has 130 valence electrons. The zero-order valence-corrected chi connectivity index (χ0v) is 13.7. The lowest BCUT2D eigenvalue weighted by Gasteiger charge is -2.34. The highest BCUT2D eigenvalue weighted by Gasteiger charge is 2.21. The summed E-state index contributed by atoms with van der Waals surface area (Å²) < 4.78 is 25.5. The minimum absolute atomic E-state index is 0.327. The van der Waals surface area contributed by atoms with E-state index in [4.69, 9.17) is 9.15 Å². The van der Waals surface area contributed by atoms with Gasteiger partial charge in [-0.2, -0.15) is 0 Å². The summed E-state index contributed by atoms with van der Waals surface area (Å²) >= 11 is 0. The first-order chi connectivity index (χ1) is 11.7. The Bertz CT molecular complexity index is 720. The van der Waals surface area contributed by atoms with Crippen molar-refractivity contribution >= 4 is 5.69 Å². The zero-order chi connectivity index (χ0) is 16.9. The minimum atomic E-state index is -0.523. The SMILES string of the molecule is COCCNC1CCN(c2ccc(-n3ccoc3=O)cc2F)CC1. The van der Waals surface area contributed by atoms with E-state index in [0.29, 0.717) is 24.0 Å². The largest absolute Gasteiger partial charge is 0.423 e. The molecule has 0 bridgehead atoms. The smallest absolute Gasteiger partial charge is 0.416 e. The van der Waals surface area contributed by atoms with Gasteiger partial charge in [0.1, 0.15) is 12.1 Å². The molecule has 0 radical (unpaired) electrons. The first kappa shape index (κ1) is 16.7. The van der Waals surface area contributed by atoms with Gasteiger partial charge in [-0.25, -0.2) is 13.8 Å². The van der Waals surface area contributed by atoms with E-state index in [2.05, 4.69) is 5.32 Å². The van der Waals surface area contributed by atoms with Gasteiger partial charge in [0.2, 0.25) is 0 Å². The lowest BCUT2D eigenvalue weighted by molar-refractivity contribution is 0.193. The molecular formula is C17H22FN3O3. The molecular weight excluding hydrogens is 313 g/mol. The fourth-order valence-electron chi connectivity index (χ4n) is 3.05. The number of anilines is 1. The zero-order valence-electron chi connectivity index (χ0n) is 13.7. The number of ether oxygens (including phenoxy) is 1. The molecule has 1 fully saturated rings. The molecule has 0 spiro atoms. The Kier molecular flexibility index (Phi) is 5.32. The fraction of sp³-hybridized carbons (Fsp3) is 0.471. The lowest BCUT2D eigenvalue weighted by Crippen LogP contribution is -2.43. The minimum Gasteiger partial charge on any atom is -0.416 e. The van der Waals surface area contributed by atoms with Crippen LogP contribution in [0.25, 0.3) is 5.69 Å². The fourth-order valence-corrected chi connectivity index (χ4v) is 3.05. The van der Waals surface area contributed by atoms with Gasteiger partial charge < -0.3 is 19.4 Å². The Morgan fingerprint density at radius 2 is 2.17 bits per heavy atom. The van der Waals surface area contributed by atoms with Gasteiger partial charge in [0.15, 0.2) is 0 Å². The van der Waals surface area contributed by atoms with Crippen molar-refractivity contribution in [1.82, 2.24) is 9.88 Å². The van der Waals surface area contributed by atoms with Gasteiger partial charge in [0, 0.05) is 38.9 Å². The van der Waals surface area contributed by atoms with Crippen molar-refractivity contribution in [3.05, 3.63) is 47.0 Å². The Morgan fingerprint density at radius 1 is 1.38 bits per heavy atom. The molecule has 3 rings (SSSR count). The van der Waals surface area contributed by atoms with Crippen LogP contribution in [0, 0.1) is 5.82 Å². The van der Waals surface area contributed by atoms with Gasteiger partial charge in [0.25, 0.3) is 0 Å². The third-order valence-corrected chi connectivity index (χ3v) is 4.36. The molecule has 0 unspecified atom stereocenters. The molecule has 1 aliphatic rings. The van der Waals surface area contributed by atoms with E-state index < -0.39 is 5.76 Å². The van der Waals surface area contributed by atoms with Crippen LogP contribution in [0.5, 0.6) is 0 Å². The number of benzene rings is 1. The molecule has 0 saturated carbocycles. The number of nitrogens with one attached hydrogen (secondary N) is 1. The van der Waals surface area contributed by atoms with Gasteiger partial charge in [-0.3, -0.25) is 0 Å². The molecule has 1 saturated heterocycles. The Morgan fingerprint density at radius 3 is 2.79 bits per heavy atom. The maximum Gasteiger partial charge on any atom is 0.423 e. The molecule has 1 N–H and O–H groups in total. The second-order valence-corrected chi connectivity index (χ2v) is 5.88. The number of piperidine rings is 1. The normalized spacial score (nSPS) is 15.8. The van der Waals surface area contributed by atoms with Crippen molar-refractivity contribution in [2.75, 3.05) is 38.3 Å². The number of oxazole rings is 1. The van der Waals surface area contributed by atoms with Crippen LogP contribution >= 0.6 is 0 Å². The number of halogens is 1. The highest BCUT2D eigenvalue weighted by atomic mass is 19.1. The molecule has 1 aromatic heterocycles. The quantitative estimate of drug-likeness (QED) is 0.816. The van der Waals surface area contributed by atoms with E-state index in [-0.39, 0.29) is 5.82 Å². The lowest BCUT2D eigenvalue weighted by atomic mass is 10.0. The van der Waals surface area contributed by atoms with E-state index in [0.717, 1.165) is 32.5 Å². The second-order valence-electron chi connectivity index (χ2n) is 5.88. The number of hydrogen-bond acceptors (Lipinski definition) is 5. The molecule has 0 aliphatic carbocycles. The average Bonchev–Trinajstić information content (AvgIpc) is 3.02. The number of rotatable bonds is 6. The third kappa shape index (κ3) is 3.68. The van der Waals surface area contributed by atoms with Crippen LogP contribution in [-0.4, -0.2) is 44.0 Å². The molecule has 2 aromatic rings. The van der Waals surface area contributed by atoms with E-state index in [1.54, 1.807) is 19.2 Å². The summed E-state index contributed by atoms with van der Waals surface area (Å²) in [5, 5.41) is 3.45. The van der Waals surface area contributed by atoms with Crippen LogP contribution in [-0.2, 0) is 4.74 Å². The van der Waals surface area contributed by atoms with Crippen LogP contribution in [0.4, 0.5) is 10.1 Å². The summed E-state index contributed by atoms with van der Waals surface area (Å²) in [7, 11) is 1.69. The number of nitrogens with zero attached hydrogens (tertiary/aromatic N) is 2. The molecule has 0 amide bonds. The standard InChI is InChI=1S/C17H22FN3O3/c1-23-10-6-19-13-4-7-20(8-5-13)16-3-2-14(12-15(16)18)21-9-11-24-17(21)22/h2-3,9,11-13,19H,4-8,10H2,1H3. The van der Waals surface area contributed by atoms with Gasteiger partial charge in [-0.05, 0) is 25.0 Å². The topological polar surface area (TPSA) is 59.6 Å². The Hall–Kier alpha value is -2.12. The molecule has 1 aromatic carbocycles. The van der Waals surface area contributed by atoms with Crippen LogP contribution in [0.1, 0.15) is 12.8 Å². The summed E-state index contributed by atoms with van der Waals surface area (Å²) in [5.74, 6) is -0.850. The average molecular weight is 335 g/mol. The van der Waals surface area contributed by atoms with Crippen LogP contribution in [0.2, 0.25) is 0 Å². The molecule has 6 nitrogen and oxygen atoms in total. The van der Waals surface area contributed by atoms with Crippen LogP contribution < -0.4 is 16.0 Å². The van der Waals surface area contributed by atoms with Crippen molar-refractivity contribution < 1.29 is 13.5 Å². The predicted molar refractivity (Wildman–Crippen MR) is 89.4 cm³/mol. The van der Waals surface area contributed by atoms with E-state index >= 15 is 0 Å². The van der Waals surface area contributed by atoms with Gasteiger partial charge in [-0.1, -0.05) is 0 Å². The van der Waals surface area contributed by atoms with E-state index in [1.807, 2.05) is 4.90 Å². The number of methoxy groups -OCH3 is 1. The highest BCUT2D eigenvalue weighted by Crippen LogP contribution is 2.25. The third-order valence-electron chi connectivity index (χ3n) is 4.36. The van der Waals surface area contributed by atoms with Crippen molar-refractivity contribution in [1.29, 1.82) is 0 Å². The first-order valence-corrected chi connectivity index (χ1v) is 8.12. The van der Waals surface area contributed by atoms with Gasteiger partial charge >= 0.3 is 5.76 Å². The van der Waals surface area contributed by atoms with Crippen LogP contribution in [0.15, 0.2) is 39.9 Å². The second kappa shape index (κ2) is 7.63. The molecule has 24 heavy (non-hydrogen) atoms. The molecule has 7 heteroatoms. The maximum absolute atomic E-state index is 14.5. The summed E-state index contributed by atoms with van der Waals surface area (Å²) in [6.45, 7) is 3.13. The van der Waals surface area contributed by atoms with Crippen molar-refractivity contribution in [2.24, 2.45) is 0 Å². The molecule has 1 aliphatic heterocycles. The first-order valence-electron chi connectivity index (χ1n) is 8.12. The number of aromatic nitrogens is 1. The predicted octanol–water partition coefficient (Wildman–Crippen LogP) is 1.77. The molecule has 0 atom stereocenters. The summed E-state index contributed by atoms with van der Waals surface area (Å²) in [6, 6.07) is 5.28. The summed E-state index contributed by atoms with van der Waals surface area (Å²) in [5.41, 5.74) is 1.04. The van der Waals surface area contributed by atoms with Gasteiger partial charge in [0.05, 0.1) is 24.2 Å². The van der Waals surface area contributed by atoms with Crippen LogP contribution in [0.3, 0.4) is 0 Å². The van der Waals surface area contributed by atoms with Crippen molar-refractivity contribution in [2.45, 2.75) is 18.9 Å². The highest BCUT2D eigenvalue weighted by molar-refractivity contribution is 5.52. The summed E-state index contributed by atoms with van der Waals surface area (Å²) in [4.78, 5) is 13.6. The van der Waals surface area contributed by atoms with Crippen molar-refractivity contribution in [3.63, 3.8) is 0 Å². The van der Waals surface area contributed by atoms with E-state index in [1.165, 1.54) is 23.1 Å². The van der Waals surface area contributed by atoms with Crippen molar-refractivity contribution in [3.8, 4) is 5.69 Å². The van der Waals surface area contributed by atoms with E-state index in [9.17, 15) is 9.18 Å². The Labute approximate surface area is 139 Å². The monoisotopic (exact) mass is 335 g/mol. The number of hydrogen-bond donors (Lipinski definition) is 1. The maximum atomic E-state index is 14.5. The Balaban J connectivity index is 1.64. The summed E-state index contributed by atoms with van der Waals surface area (Å²) in [6.07, 6.45) is 4.70. The molecule has 2 heterocycles.